The molecule has 0 aliphatic rings. The molecule has 1 aromatic rings. The number of halogens is 5. The fraction of sp³-hybridized carbons (Fsp3) is 0. The third-order valence-electron chi connectivity index (χ3n) is 1.34. The minimum absolute atomic E-state index is 0.0904. The van der Waals surface area contributed by atoms with E-state index in [1.54, 1.807) is 5.32 Å². The second kappa shape index (κ2) is 4.10. The van der Waals surface area contributed by atoms with Crippen molar-refractivity contribution in [2.45, 2.75) is 0 Å². The lowest BCUT2D eigenvalue weighted by molar-refractivity contribution is 0.459. The van der Waals surface area contributed by atoms with Crippen LogP contribution in [0.25, 0.3) is 0 Å². The van der Waals surface area contributed by atoms with Crippen LogP contribution in [0.5, 0.6) is 0 Å². The van der Waals surface area contributed by atoms with Crippen molar-refractivity contribution in [2.24, 2.45) is 0 Å². The Labute approximate surface area is 86.7 Å². The Hall–Kier alpha value is -0.880. The summed E-state index contributed by atoms with van der Waals surface area (Å²) in [4.78, 5) is 0. The van der Waals surface area contributed by atoms with E-state index >= 15 is 0 Å². The molecule has 76 valence electrons. The molecule has 0 saturated heterocycles. The summed E-state index contributed by atoms with van der Waals surface area (Å²) >= 11 is 9.36. The van der Waals surface area contributed by atoms with Gasteiger partial charge >= 0.3 is 0 Å². The molecule has 0 aliphatic carbocycles. The van der Waals surface area contributed by atoms with Gasteiger partial charge in [0.2, 0.25) is 0 Å². The number of thiocarbonyl (C=S) groups is 1. The molecule has 14 heavy (non-hydrogen) atoms. The lowest BCUT2D eigenvalue weighted by Gasteiger charge is -2.06. The molecule has 1 N–H and O–H groups in total. The molecular weight excluding hydrogens is 242 g/mol. The highest BCUT2D eigenvalue weighted by molar-refractivity contribution is 7.83. The van der Waals surface area contributed by atoms with Crippen LogP contribution in [0.3, 0.4) is 0 Å². The third kappa shape index (κ3) is 2.13. The van der Waals surface area contributed by atoms with Crippen LogP contribution in [-0.4, -0.2) is 4.45 Å². The van der Waals surface area contributed by atoms with E-state index in [0.717, 1.165) is 0 Å². The monoisotopic (exact) mass is 243 g/mol. The Morgan fingerprint density at radius 2 is 1.57 bits per heavy atom. The van der Waals surface area contributed by atoms with E-state index in [1.165, 1.54) is 0 Å². The second-order valence-electron chi connectivity index (χ2n) is 2.24. The summed E-state index contributed by atoms with van der Waals surface area (Å²) in [5, 5.41) is 1.79. The van der Waals surface area contributed by atoms with E-state index in [-0.39, 0.29) is 6.07 Å². The van der Waals surface area contributed by atoms with E-state index in [4.69, 9.17) is 11.6 Å². The Morgan fingerprint density at radius 1 is 1.14 bits per heavy atom. The Bertz CT molecular complexity index is 370. The molecule has 0 unspecified atom stereocenters. The number of anilines is 1. The zero-order valence-electron chi connectivity index (χ0n) is 6.38. The summed E-state index contributed by atoms with van der Waals surface area (Å²) < 4.78 is 50.3. The van der Waals surface area contributed by atoms with Gasteiger partial charge in [0.05, 0.1) is 0 Å². The molecule has 0 aliphatic heterocycles. The van der Waals surface area contributed by atoms with Crippen molar-refractivity contribution >= 4 is 34.0 Å². The van der Waals surface area contributed by atoms with Crippen molar-refractivity contribution in [1.29, 1.82) is 0 Å². The summed E-state index contributed by atoms with van der Waals surface area (Å²) in [5.74, 6) is -6.21. The molecule has 0 spiro atoms. The van der Waals surface area contributed by atoms with Crippen LogP contribution in [0.4, 0.5) is 23.2 Å². The molecule has 0 aromatic heterocycles. The van der Waals surface area contributed by atoms with Gasteiger partial charge in [-0.3, -0.25) is 0 Å². The molecule has 0 amide bonds. The normalized spacial score (nSPS) is 10.1. The molecule has 0 bridgehead atoms. The second-order valence-corrected chi connectivity index (χ2v) is 3.25. The van der Waals surface area contributed by atoms with E-state index < -0.39 is 33.4 Å². The van der Waals surface area contributed by atoms with Crippen LogP contribution in [0.1, 0.15) is 0 Å². The zero-order valence-corrected chi connectivity index (χ0v) is 7.95. The van der Waals surface area contributed by atoms with Gasteiger partial charge in [0, 0.05) is 6.07 Å². The summed E-state index contributed by atoms with van der Waals surface area (Å²) in [6, 6.07) is 0.0904. The highest BCUT2D eigenvalue weighted by atomic mass is 35.5. The van der Waals surface area contributed by atoms with Crippen LogP contribution in [-0.2, 0) is 0 Å². The maximum atomic E-state index is 12.8. The average molecular weight is 244 g/mol. The van der Waals surface area contributed by atoms with E-state index in [0.29, 0.717) is 0 Å². The maximum absolute atomic E-state index is 12.8. The van der Waals surface area contributed by atoms with Crippen molar-refractivity contribution in [1.82, 2.24) is 0 Å². The van der Waals surface area contributed by atoms with E-state index in [1.807, 2.05) is 0 Å². The Kier molecular flexibility index (Phi) is 3.28. The molecule has 0 saturated carbocycles. The molecule has 0 heterocycles. The quantitative estimate of drug-likeness (QED) is 0.267. The molecular formula is C7H2ClF4NS. The SMILES string of the molecule is Fc1cc(F)c(F)c(NC(=S)Cl)c1F. The van der Waals surface area contributed by atoms with Crippen LogP contribution in [0, 0.1) is 23.3 Å². The summed E-state index contributed by atoms with van der Waals surface area (Å²) in [5.41, 5.74) is -1.04. The molecule has 1 rings (SSSR count). The first-order valence-corrected chi connectivity index (χ1v) is 4.01. The van der Waals surface area contributed by atoms with E-state index in [9.17, 15) is 17.6 Å². The minimum atomic E-state index is -1.58. The van der Waals surface area contributed by atoms with E-state index in [2.05, 4.69) is 12.2 Å². The highest BCUT2D eigenvalue weighted by Gasteiger charge is 2.19. The predicted octanol–water partition coefficient (Wildman–Crippen LogP) is 3.18. The predicted molar refractivity (Wildman–Crippen MR) is 48.3 cm³/mol. The number of benzene rings is 1. The van der Waals surface area contributed by atoms with Crippen molar-refractivity contribution in [3.63, 3.8) is 0 Å². The van der Waals surface area contributed by atoms with Crippen molar-refractivity contribution < 1.29 is 17.6 Å². The molecule has 0 radical (unpaired) electrons. The Morgan fingerprint density at radius 3 is 1.93 bits per heavy atom. The molecule has 0 fully saturated rings. The van der Waals surface area contributed by atoms with Gasteiger partial charge in [-0.05, 0) is 12.2 Å². The smallest absolute Gasteiger partial charge is 0.185 e. The molecule has 1 aromatic carbocycles. The maximum Gasteiger partial charge on any atom is 0.185 e. The van der Waals surface area contributed by atoms with Gasteiger partial charge in [-0.25, -0.2) is 17.6 Å². The summed E-state index contributed by atoms with van der Waals surface area (Å²) in [6.07, 6.45) is 0. The van der Waals surface area contributed by atoms with Crippen molar-refractivity contribution in [2.75, 3.05) is 5.32 Å². The largest absolute Gasteiger partial charge is 0.332 e. The first-order valence-electron chi connectivity index (χ1n) is 3.23. The van der Waals surface area contributed by atoms with Gasteiger partial charge in [-0.2, -0.15) is 0 Å². The molecule has 0 atom stereocenters. The molecule has 7 heteroatoms. The topological polar surface area (TPSA) is 12.0 Å². The molecule has 1 nitrogen and oxygen atoms in total. The number of hydrogen-bond donors (Lipinski definition) is 1. The fourth-order valence-electron chi connectivity index (χ4n) is 0.781. The summed E-state index contributed by atoms with van der Waals surface area (Å²) in [7, 11) is 0. The van der Waals surface area contributed by atoms with Gasteiger partial charge in [-0.15, -0.1) is 0 Å². The van der Waals surface area contributed by atoms with Crippen LogP contribution < -0.4 is 5.32 Å². The highest BCUT2D eigenvalue weighted by Crippen LogP contribution is 2.24. The van der Waals surface area contributed by atoms with Crippen LogP contribution >= 0.6 is 23.8 Å². The number of hydrogen-bond acceptors (Lipinski definition) is 1. The number of nitrogens with one attached hydrogen (secondary N) is 1. The summed E-state index contributed by atoms with van der Waals surface area (Å²) in [6.45, 7) is 0. The fourth-order valence-corrected chi connectivity index (χ4v) is 0.978. The standard InChI is InChI=1S/C7H2ClF4NS/c8-7(14)13-6-4(11)2(9)1-3(10)5(6)12/h1H,(H,13,14). The Balaban J connectivity index is 3.31. The van der Waals surface area contributed by atoms with Gasteiger partial charge in [0.25, 0.3) is 0 Å². The van der Waals surface area contributed by atoms with Crippen molar-refractivity contribution in [3.05, 3.63) is 29.3 Å². The van der Waals surface area contributed by atoms with Crippen LogP contribution in [0.2, 0.25) is 0 Å². The van der Waals surface area contributed by atoms with Gasteiger partial charge < -0.3 is 5.32 Å². The minimum Gasteiger partial charge on any atom is -0.332 e. The van der Waals surface area contributed by atoms with Crippen LogP contribution in [0.15, 0.2) is 6.07 Å². The average Bonchev–Trinajstić information content (AvgIpc) is 2.09. The van der Waals surface area contributed by atoms with Crippen molar-refractivity contribution in [3.8, 4) is 0 Å². The lowest BCUT2D eigenvalue weighted by Crippen LogP contribution is -2.08. The lowest BCUT2D eigenvalue weighted by atomic mass is 10.2. The first-order chi connectivity index (χ1) is 6.43. The van der Waals surface area contributed by atoms with Gasteiger partial charge in [-0.1, -0.05) is 11.6 Å². The van der Waals surface area contributed by atoms with Gasteiger partial charge in [0.15, 0.2) is 27.7 Å². The first kappa shape index (κ1) is 11.2. The van der Waals surface area contributed by atoms with Gasteiger partial charge in [0.1, 0.15) is 5.69 Å². The number of rotatable bonds is 1. The zero-order chi connectivity index (χ0) is 10.9. The third-order valence-corrected chi connectivity index (χ3v) is 1.53.